The van der Waals surface area contributed by atoms with Crippen LogP contribution in [0.25, 0.3) is 0 Å². The third-order valence-corrected chi connectivity index (χ3v) is 0.976. The minimum Gasteiger partial charge on any atom is -0.545 e. The van der Waals surface area contributed by atoms with Gasteiger partial charge in [-0.25, -0.2) is 0 Å². The summed E-state index contributed by atoms with van der Waals surface area (Å²) in [5.41, 5.74) is 0. The highest BCUT2D eigenvalue weighted by Crippen LogP contribution is 1.72. The fraction of sp³-hybridized carbons (Fsp3) is 0.429. The van der Waals surface area contributed by atoms with Gasteiger partial charge in [0, 0.05) is 19.7 Å². The third kappa shape index (κ3) is 6.76. The van der Waals surface area contributed by atoms with E-state index in [1.807, 2.05) is 0 Å². The lowest BCUT2D eigenvalue weighted by molar-refractivity contribution is -0.297. The first kappa shape index (κ1) is 10.6. The Kier molecular flexibility index (Phi) is 5.64. The van der Waals surface area contributed by atoms with E-state index >= 15 is 0 Å². The fourth-order valence-corrected chi connectivity index (χ4v) is 0.479. The van der Waals surface area contributed by atoms with E-state index in [1.165, 1.54) is 7.11 Å². The monoisotopic (exact) mass is 172 g/mol. The minimum absolute atomic E-state index is 0.354. The molecule has 1 N–H and O–H groups in total. The Hall–Kier alpha value is -1.36. The van der Waals surface area contributed by atoms with E-state index in [2.05, 4.69) is 10.1 Å². The van der Waals surface area contributed by atoms with Crippen LogP contribution >= 0.6 is 0 Å². The Morgan fingerprint density at radius 3 is 2.67 bits per heavy atom. The molecule has 1 amide bonds. The van der Waals surface area contributed by atoms with Gasteiger partial charge in [0.05, 0.1) is 12.6 Å². The van der Waals surface area contributed by atoms with Crippen molar-refractivity contribution in [3.63, 3.8) is 0 Å². The second-order valence-electron chi connectivity index (χ2n) is 1.94. The molecule has 12 heavy (non-hydrogen) atoms. The predicted octanol–water partition coefficient (Wildman–Crippen LogP) is -1.94. The molecule has 0 radical (unpaired) electrons. The molecular formula is C7H10NO4-. The van der Waals surface area contributed by atoms with Gasteiger partial charge in [0.2, 0.25) is 5.91 Å². The summed E-state index contributed by atoms with van der Waals surface area (Å²) >= 11 is 0. The average molecular weight is 172 g/mol. The van der Waals surface area contributed by atoms with Gasteiger partial charge in [0.1, 0.15) is 0 Å². The number of hydrogen-bond acceptors (Lipinski definition) is 4. The molecule has 0 unspecified atom stereocenters. The second kappa shape index (κ2) is 6.36. The van der Waals surface area contributed by atoms with E-state index in [0.29, 0.717) is 19.2 Å². The van der Waals surface area contributed by atoms with E-state index in [9.17, 15) is 14.7 Å². The number of carbonyl (C=O) groups is 2. The zero-order valence-electron chi connectivity index (χ0n) is 6.70. The highest BCUT2D eigenvalue weighted by Gasteiger charge is 1.91. The number of ether oxygens (including phenoxy) is 1. The van der Waals surface area contributed by atoms with Crippen LogP contribution in [0.5, 0.6) is 0 Å². The topological polar surface area (TPSA) is 78.5 Å². The molecular weight excluding hydrogens is 162 g/mol. The zero-order chi connectivity index (χ0) is 9.40. The Morgan fingerprint density at radius 1 is 1.50 bits per heavy atom. The first-order chi connectivity index (χ1) is 5.66. The van der Waals surface area contributed by atoms with Crippen LogP contribution in [-0.2, 0) is 14.3 Å². The lowest BCUT2D eigenvalue weighted by Gasteiger charge is -1.99. The van der Waals surface area contributed by atoms with E-state index in [-0.39, 0.29) is 0 Å². The Morgan fingerprint density at radius 2 is 2.17 bits per heavy atom. The van der Waals surface area contributed by atoms with Crippen molar-refractivity contribution in [1.29, 1.82) is 0 Å². The number of hydrogen-bond donors (Lipinski definition) is 1. The first-order valence-corrected chi connectivity index (χ1v) is 3.32. The second-order valence-corrected chi connectivity index (χ2v) is 1.94. The number of carboxylic acid groups (broad SMARTS) is 1. The van der Waals surface area contributed by atoms with Crippen LogP contribution in [0.3, 0.4) is 0 Å². The van der Waals surface area contributed by atoms with Gasteiger partial charge < -0.3 is 20.0 Å². The third-order valence-electron chi connectivity index (χ3n) is 0.976. The summed E-state index contributed by atoms with van der Waals surface area (Å²) < 4.78 is 4.65. The minimum atomic E-state index is -1.39. The number of methoxy groups -OCH3 is 1. The smallest absolute Gasteiger partial charge is 0.244 e. The van der Waals surface area contributed by atoms with Crippen LogP contribution in [0.4, 0.5) is 0 Å². The van der Waals surface area contributed by atoms with Crippen molar-refractivity contribution in [2.45, 2.75) is 0 Å². The Bertz CT molecular complexity index is 188. The van der Waals surface area contributed by atoms with E-state index < -0.39 is 11.9 Å². The molecule has 0 aliphatic carbocycles. The molecule has 5 nitrogen and oxygen atoms in total. The number of aliphatic carboxylic acids is 1. The van der Waals surface area contributed by atoms with Gasteiger partial charge in [-0.1, -0.05) is 0 Å². The summed E-state index contributed by atoms with van der Waals surface area (Å²) in [6.07, 6.45) is 1.56. The molecule has 0 saturated heterocycles. The molecule has 0 aromatic rings. The van der Waals surface area contributed by atoms with Gasteiger partial charge in [-0.15, -0.1) is 0 Å². The largest absolute Gasteiger partial charge is 0.545 e. The molecule has 0 aromatic carbocycles. The van der Waals surface area contributed by atoms with Crippen LogP contribution in [0.1, 0.15) is 0 Å². The lowest BCUT2D eigenvalue weighted by atomic mass is 10.4. The van der Waals surface area contributed by atoms with Crippen LogP contribution in [0, 0.1) is 0 Å². The molecule has 5 heteroatoms. The SMILES string of the molecule is COCCNC(=O)/C=C/C(=O)[O-]. The van der Waals surface area contributed by atoms with Gasteiger partial charge in [0.15, 0.2) is 0 Å². The highest BCUT2D eigenvalue weighted by molar-refractivity contribution is 5.93. The first-order valence-electron chi connectivity index (χ1n) is 3.32. The van der Waals surface area contributed by atoms with Gasteiger partial charge in [0.25, 0.3) is 0 Å². The van der Waals surface area contributed by atoms with Gasteiger partial charge >= 0.3 is 0 Å². The summed E-state index contributed by atoms with van der Waals surface area (Å²) in [4.78, 5) is 20.5. The summed E-state index contributed by atoms with van der Waals surface area (Å²) in [7, 11) is 1.50. The molecule has 0 atom stereocenters. The van der Waals surface area contributed by atoms with Crippen molar-refractivity contribution in [2.24, 2.45) is 0 Å². The summed E-state index contributed by atoms with van der Waals surface area (Å²) in [5, 5.41) is 12.2. The van der Waals surface area contributed by atoms with Crippen molar-refractivity contribution in [3.05, 3.63) is 12.2 Å². The fourth-order valence-electron chi connectivity index (χ4n) is 0.479. The molecule has 0 spiro atoms. The summed E-state index contributed by atoms with van der Waals surface area (Å²) in [6.45, 7) is 0.748. The molecule has 0 rings (SSSR count). The van der Waals surface area contributed by atoms with Crippen molar-refractivity contribution in [1.82, 2.24) is 5.32 Å². The van der Waals surface area contributed by atoms with Crippen LogP contribution in [-0.4, -0.2) is 32.1 Å². The van der Waals surface area contributed by atoms with E-state index in [4.69, 9.17) is 0 Å². The average Bonchev–Trinajstić information content (AvgIpc) is 2.01. The maximum atomic E-state index is 10.7. The molecule has 0 aliphatic rings. The lowest BCUT2D eigenvalue weighted by Crippen LogP contribution is -2.26. The molecule has 68 valence electrons. The van der Waals surface area contributed by atoms with Crippen molar-refractivity contribution < 1.29 is 19.4 Å². The standard InChI is InChI=1S/C7H11NO4/c1-12-5-4-8-6(9)2-3-7(10)11/h2-3H,4-5H2,1H3,(H,8,9)(H,10,11)/p-1/b3-2+. The normalized spacial score (nSPS) is 10.1. The van der Waals surface area contributed by atoms with Gasteiger partial charge in [-0.2, -0.15) is 0 Å². The predicted molar refractivity (Wildman–Crippen MR) is 39.0 cm³/mol. The summed E-state index contributed by atoms with van der Waals surface area (Å²) in [5.74, 6) is -1.87. The van der Waals surface area contributed by atoms with Crippen molar-refractivity contribution in [2.75, 3.05) is 20.3 Å². The van der Waals surface area contributed by atoms with E-state index in [1.54, 1.807) is 0 Å². The number of amides is 1. The van der Waals surface area contributed by atoms with E-state index in [0.717, 1.165) is 6.08 Å². The van der Waals surface area contributed by atoms with Crippen molar-refractivity contribution in [3.8, 4) is 0 Å². The van der Waals surface area contributed by atoms with Crippen molar-refractivity contribution >= 4 is 11.9 Å². The maximum absolute atomic E-state index is 10.7. The highest BCUT2D eigenvalue weighted by atomic mass is 16.5. The molecule has 0 saturated carbocycles. The maximum Gasteiger partial charge on any atom is 0.244 e. The quantitative estimate of drug-likeness (QED) is 0.386. The molecule has 0 aliphatic heterocycles. The number of nitrogens with one attached hydrogen (secondary N) is 1. The Labute approximate surface area is 70.0 Å². The van der Waals surface area contributed by atoms with Gasteiger partial charge in [-0.05, 0) is 6.08 Å². The molecule has 0 bridgehead atoms. The van der Waals surface area contributed by atoms with Gasteiger partial charge in [-0.3, -0.25) is 4.79 Å². The van der Waals surface area contributed by atoms with Crippen LogP contribution in [0.15, 0.2) is 12.2 Å². The molecule has 0 fully saturated rings. The molecule has 0 aromatic heterocycles. The van der Waals surface area contributed by atoms with Crippen LogP contribution < -0.4 is 10.4 Å². The zero-order valence-corrected chi connectivity index (χ0v) is 6.70. The number of rotatable bonds is 5. The summed E-state index contributed by atoms with van der Waals surface area (Å²) in [6, 6.07) is 0. The molecule has 0 heterocycles. The number of carbonyl (C=O) groups excluding carboxylic acids is 2. The Balaban J connectivity index is 3.53. The van der Waals surface area contributed by atoms with Crippen LogP contribution in [0.2, 0.25) is 0 Å². The number of carboxylic acids is 1.